The van der Waals surface area contributed by atoms with Gasteiger partial charge in [0.2, 0.25) is 0 Å². The summed E-state index contributed by atoms with van der Waals surface area (Å²) in [6.45, 7) is 8.20. The summed E-state index contributed by atoms with van der Waals surface area (Å²) in [7, 11) is 1.74. The van der Waals surface area contributed by atoms with Crippen LogP contribution in [0.25, 0.3) is 11.0 Å². The van der Waals surface area contributed by atoms with Gasteiger partial charge in [0.1, 0.15) is 22.9 Å². The molecular formula is C29H35N3O5Si. The van der Waals surface area contributed by atoms with Crippen molar-refractivity contribution in [3.05, 3.63) is 83.4 Å². The third-order valence-electron chi connectivity index (χ3n) is 6.09. The summed E-state index contributed by atoms with van der Waals surface area (Å²) in [5.74, 6) is 1.09. The van der Waals surface area contributed by atoms with Gasteiger partial charge in [-0.2, -0.15) is 0 Å². The molecular weight excluding hydrogens is 498 g/mol. The van der Waals surface area contributed by atoms with E-state index in [1.165, 1.54) is 7.11 Å². The maximum Gasteiger partial charge on any atom is 0.341 e. The SMILES string of the molecule is COCCc1ccc(Oc2cc3[nH]c(C(OCC[Si](C)(C)C)c4ccccn4)nc3cc2C(=O)OC)cc1. The molecule has 9 heteroatoms. The van der Waals surface area contributed by atoms with Crippen LogP contribution in [0.15, 0.2) is 60.8 Å². The van der Waals surface area contributed by atoms with Gasteiger partial charge in [-0.3, -0.25) is 4.98 Å². The van der Waals surface area contributed by atoms with Crippen molar-refractivity contribution in [2.45, 2.75) is 38.2 Å². The van der Waals surface area contributed by atoms with Crippen LogP contribution in [0, 0.1) is 0 Å². The zero-order valence-corrected chi connectivity index (χ0v) is 23.6. The molecule has 8 nitrogen and oxygen atoms in total. The van der Waals surface area contributed by atoms with Gasteiger partial charge in [0.15, 0.2) is 6.10 Å². The molecule has 0 aliphatic rings. The summed E-state index contributed by atoms with van der Waals surface area (Å²) >= 11 is 0. The van der Waals surface area contributed by atoms with E-state index in [9.17, 15) is 4.79 Å². The fourth-order valence-corrected chi connectivity index (χ4v) is 4.65. The Morgan fingerprint density at radius 1 is 1.03 bits per heavy atom. The number of fused-ring (bicyclic) bond motifs is 1. The Hall–Kier alpha value is -3.53. The summed E-state index contributed by atoms with van der Waals surface area (Å²) in [5.41, 5.74) is 3.51. The molecule has 0 radical (unpaired) electrons. The third kappa shape index (κ3) is 7.06. The highest BCUT2D eigenvalue weighted by Gasteiger charge is 2.24. The second-order valence-electron chi connectivity index (χ2n) is 10.3. The van der Waals surface area contributed by atoms with Crippen molar-refractivity contribution in [1.29, 1.82) is 0 Å². The molecule has 1 N–H and O–H groups in total. The van der Waals surface area contributed by atoms with Gasteiger partial charge < -0.3 is 23.9 Å². The van der Waals surface area contributed by atoms with Crippen LogP contribution in [0.4, 0.5) is 0 Å². The van der Waals surface area contributed by atoms with Crippen LogP contribution in [-0.4, -0.2) is 56.4 Å². The summed E-state index contributed by atoms with van der Waals surface area (Å²) in [4.78, 5) is 25.3. The maximum absolute atomic E-state index is 12.7. The largest absolute Gasteiger partial charge is 0.465 e. The first kappa shape index (κ1) is 27.5. The van der Waals surface area contributed by atoms with Gasteiger partial charge in [-0.25, -0.2) is 9.78 Å². The van der Waals surface area contributed by atoms with Crippen LogP contribution >= 0.6 is 0 Å². The Balaban J connectivity index is 1.67. The van der Waals surface area contributed by atoms with Crippen LogP contribution < -0.4 is 4.74 Å². The number of aromatic amines is 1. The molecule has 2 heterocycles. The van der Waals surface area contributed by atoms with E-state index in [0.29, 0.717) is 41.6 Å². The molecule has 0 fully saturated rings. The summed E-state index contributed by atoms with van der Waals surface area (Å²) in [6.07, 6.45) is 2.09. The number of hydrogen-bond donors (Lipinski definition) is 1. The molecule has 0 amide bonds. The number of carbonyl (C=O) groups is 1. The van der Waals surface area contributed by atoms with Gasteiger partial charge in [0.25, 0.3) is 0 Å². The molecule has 38 heavy (non-hydrogen) atoms. The molecule has 0 spiro atoms. The van der Waals surface area contributed by atoms with Gasteiger partial charge in [-0.05, 0) is 48.4 Å². The number of carbonyl (C=O) groups excluding carboxylic acids is 1. The predicted octanol–water partition coefficient (Wildman–Crippen LogP) is 6.17. The lowest BCUT2D eigenvalue weighted by molar-refractivity contribution is 0.0598. The molecule has 1 atom stereocenters. The van der Waals surface area contributed by atoms with Gasteiger partial charge >= 0.3 is 5.97 Å². The molecule has 0 aliphatic heterocycles. The number of aromatic nitrogens is 3. The first-order valence-electron chi connectivity index (χ1n) is 12.7. The number of ether oxygens (including phenoxy) is 4. The standard InChI is InChI=1S/C29H35N3O5Si/c1-34-15-13-20-9-11-21(12-10-20)37-26-19-25-24(18-22(26)29(33)35-2)31-28(32-25)27(23-8-6-7-14-30-23)36-16-17-38(3,4)5/h6-12,14,18-19,27H,13,15-17H2,1-5H3,(H,31,32). The van der Waals surface area contributed by atoms with Crippen molar-refractivity contribution in [3.63, 3.8) is 0 Å². The number of imidazole rings is 1. The van der Waals surface area contributed by atoms with Gasteiger partial charge in [0, 0.05) is 34.1 Å². The molecule has 1 unspecified atom stereocenters. The van der Waals surface area contributed by atoms with Gasteiger partial charge in [-0.1, -0.05) is 37.8 Å². The lowest BCUT2D eigenvalue weighted by atomic mass is 10.1. The average molecular weight is 534 g/mol. The summed E-state index contributed by atoms with van der Waals surface area (Å²) < 4.78 is 22.6. The Morgan fingerprint density at radius 2 is 1.82 bits per heavy atom. The number of rotatable bonds is 12. The molecule has 0 saturated carbocycles. The van der Waals surface area contributed by atoms with E-state index >= 15 is 0 Å². The molecule has 0 saturated heterocycles. The highest BCUT2D eigenvalue weighted by atomic mass is 28.3. The normalized spacial score (nSPS) is 12.4. The maximum atomic E-state index is 12.7. The lowest BCUT2D eigenvalue weighted by Crippen LogP contribution is -2.23. The second kappa shape index (κ2) is 12.3. The smallest absolute Gasteiger partial charge is 0.341 e. The van der Waals surface area contributed by atoms with Gasteiger partial charge in [-0.15, -0.1) is 0 Å². The number of esters is 1. The van der Waals surface area contributed by atoms with E-state index in [1.54, 1.807) is 25.4 Å². The number of H-pyrrole nitrogens is 1. The third-order valence-corrected chi connectivity index (χ3v) is 7.80. The van der Waals surface area contributed by atoms with Crippen molar-refractivity contribution in [1.82, 2.24) is 15.0 Å². The van der Waals surface area contributed by atoms with E-state index in [-0.39, 0.29) is 5.56 Å². The molecule has 2 aromatic heterocycles. The minimum Gasteiger partial charge on any atom is -0.465 e. The molecule has 2 aromatic carbocycles. The monoisotopic (exact) mass is 533 g/mol. The molecule has 4 rings (SSSR count). The summed E-state index contributed by atoms with van der Waals surface area (Å²) in [6, 6.07) is 17.9. The zero-order valence-electron chi connectivity index (χ0n) is 22.6. The highest BCUT2D eigenvalue weighted by molar-refractivity contribution is 6.76. The minimum absolute atomic E-state index is 0.288. The second-order valence-corrected chi connectivity index (χ2v) is 15.9. The number of nitrogens with one attached hydrogen (secondary N) is 1. The van der Waals surface area contributed by atoms with Crippen LogP contribution in [0.1, 0.15) is 33.5 Å². The van der Waals surface area contributed by atoms with Crippen LogP contribution in [0.2, 0.25) is 25.7 Å². The highest BCUT2D eigenvalue weighted by Crippen LogP contribution is 2.32. The Bertz CT molecular complexity index is 1350. The lowest BCUT2D eigenvalue weighted by Gasteiger charge is -2.19. The average Bonchev–Trinajstić information content (AvgIpc) is 3.32. The summed E-state index contributed by atoms with van der Waals surface area (Å²) in [5, 5.41) is 0. The number of benzene rings is 2. The van der Waals surface area contributed by atoms with Crippen molar-refractivity contribution in [2.24, 2.45) is 0 Å². The van der Waals surface area contributed by atoms with Crippen molar-refractivity contribution in [2.75, 3.05) is 27.4 Å². The minimum atomic E-state index is -1.29. The quantitative estimate of drug-likeness (QED) is 0.172. The Morgan fingerprint density at radius 3 is 2.47 bits per heavy atom. The fourth-order valence-electron chi connectivity index (χ4n) is 3.92. The van der Waals surface area contributed by atoms with Crippen LogP contribution in [-0.2, 0) is 20.6 Å². The van der Waals surface area contributed by atoms with E-state index in [0.717, 1.165) is 23.7 Å². The topological polar surface area (TPSA) is 95.6 Å². The van der Waals surface area contributed by atoms with Crippen molar-refractivity contribution < 1.29 is 23.7 Å². The fraction of sp³-hybridized carbons (Fsp3) is 0.345. The van der Waals surface area contributed by atoms with E-state index in [2.05, 4.69) is 29.6 Å². The first-order chi connectivity index (χ1) is 18.3. The van der Waals surface area contributed by atoms with E-state index in [4.69, 9.17) is 23.9 Å². The molecule has 0 aliphatic carbocycles. The van der Waals surface area contributed by atoms with E-state index in [1.807, 2.05) is 42.5 Å². The number of pyridine rings is 1. The molecule has 4 aromatic rings. The van der Waals surface area contributed by atoms with E-state index < -0.39 is 20.1 Å². The molecule has 200 valence electrons. The predicted molar refractivity (Wildman–Crippen MR) is 150 cm³/mol. The number of hydrogen-bond acceptors (Lipinski definition) is 7. The van der Waals surface area contributed by atoms with Crippen molar-refractivity contribution in [3.8, 4) is 11.5 Å². The Kier molecular flexibility index (Phi) is 8.93. The van der Waals surface area contributed by atoms with Crippen LogP contribution in [0.5, 0.6) is 11.5 Å². The number of methoxy groups -OCH3 is 2. The number of nitrogens with zero attached hydrogens (tertiary/aromatic N) is 2. The Labute approximate surface area is 224 Å². The zero-order chi connectivity index (χ0) is 27.1. The molecule has 0 bridgehead atoms. The van der Waals surface area contributed by atoms with Crippen molar-refractivity contribution >= 4 is 25.1 Å². The van der Waals surface area contributed by atoms with Gasteiger partial charge in [0.05, 0.1) is 30.4 Å². The van der Waals surface area contributed by atoms with Crippen LogP contribution in [0.3, 0.4) is 0 Å². The first-order valence-corrected chi connectivity index (χ1v) is 16.4.